The molecule has 1 amide bonds. The van der Waals surface area contributed by atoms with Gasteiger partial charge in [-0.2, -0.15) is 0 Å². The van der Waals surface area contributed by atoms with E-state index in [1.165, 1.54) is 18.4 Å². The van der Waals surface area contributed by atoms with E-state index in [1.807, 2.05) is 19.1 Å². The summed E-state index contributed by atoms with van der Waals surface area (Å²) in [5.41, 5.74) is 2.21. The molecule has 86 valence electrons. The van der Waals surface area contributed by atoms with E-state index in [4.69, 9.17) is 0 Å². The number of hydrogen-bond donors (Lipinski definition) is 1. The summed E-state index contributed by atoms with van der Waals surface area (Å²) in [6.45, 7) is 4.15. The zero-order valence-corrected chi connectivity index (χ0v) is 9.99. The molecule has 1 aromatic carbocycles. The zero-order chi connectivity index (χ0) is 11.5. The smallest absolute Gasteiger partial charge is 0.227 e. The minimum atomic E-state index is 0.158. The van der Waals surface area contributed by atoms with Crippen molar-refractivity contribution < 1.29 is 4.79 Å². The van der Waals surface area contributed by atoms with Crippen LogP contribution >= 0.6 is 0 Å². The topological polar surface area (TPSA) is 29.1 Å². The highest BCUT2D eigenvalue weighted by molar-refractivity contribution is 5.92. The number of hydrogen-bond acceptors (Lipinski definition) is 1. The zero-order valence-electron chi connectivity index (χ0n) is 9.99. The molecule has 1 aromatic rings. The fourth-order valence-corrected chi connectivity index (χ4v) is 1.89. The van der Waals surface area contributed by atoms with Crippen molar-refractivity contribution in [3.63, 3.8) is 0 Å². The largest absolute Gasteiger partial charge is 0.326 e. The number of carbonyl (C=O) groups excluding carboxylic acids is 1. The summed E-state index contributed by atoms with van der Waals surface area (Å²) in [6, 6.07) is 8.10. The molecule has 2 heteroatoms. The fraction of sp³-hybridized carbons (Fsp3) is 0.500. The third kappa shape index (κ3) is 2.63. The monoisotopic (exact) mass is 217 g/mol. The molecule has 0 bridgehead atoms. The van der Waals surface area contributed by atoms with Crippen LogP contribution in [0, 0.1) is 11.8 Å². The summed E-state index contributed by atoms with van der Waals surface area (Å²) in [4.78, 5) is 11.8. The molecule has 1 N–H and O–H groups in total. The molecule has 2 rings (SSSR count). The minimum absolute atomic E-state index is 0.158. The molecular weight excluding hydrogens is 198 g/mol. The van der Waals surface area contributed by atoms with Gasteiger partial charge in [0.15, 0.2) is 0 Å². The summed E-state index contributed by atoms with van der Waals surface area (Å²) >= 11 is 0. The van der Waals surface area contributed by atoms with Gasteiger partial charge in [0.1, 0.15) is 0 Å². The van der Waals surface area contributed by atoms with Crippen LogP contribution in [-0.2, 0) is 11.2 Å². The first-order valence-electron chi connectivity index (χ1n) is 6.10. The second kappa shape index (κ2) is 4.69. The number of rotatable bonds is 4. The molecule has 0 saturated heterocycles. The third-order valence-electron chi connectivity index (χ3n) is 3.37. The van der Waals surface area contributed by atoms with Crippen molar-refractivity contribution in [2.75, 3.05) is 5.32 Å². The van der Waals surface area contributed by atoms with E-state index in [9.17, 15) is 4.79 Å². The fourth-order valence-electron chi connectivity index (χ4n) is 1.89. The predicted octanol–water partition coefficient (Wildman–Crippen LogP) is 3.23. The molecule has 0 heterocycles. The van der Waals surface area contributed by atoms with Crippen LogP contribution in [0.15, 0.2) is 24.3 Å². The molecule has 0 aromatic heterocycles. The Kier molecular flexibility index (Phi) is 3.28. The Balaban J connectivity index is 1.94. The Morgan fingerprint density at radius 1 is 1.38 bits per heavy atom. The molecule has 1 aliphatic rings. The Morgan fingerprint density at radius 3 is 2.50 bits per heavy atom. The highest BCUT2D eigenvalue weighted by atomic mass is 16.1. The van der Waals surface area contributed by atoms with Gasteiger partial charge < -0.3 is 5.32 Å². The van der Waals surface area contributed by atoms with Gasteiger partial charge in [0.25, 0.3) is 0 Å². The van der Waals surface area contributed by atoms with Gasteiger partial charge in [-0.1, -0.05) is 26.0 Å². The molecule has 1 saturated carbocycles. The molecule has 1 aliphatic carbocycles. The molecule has 0 aliphatic heterocycles. The number of benzene rings is 1. The van der Waals surface area contributed by atoms with Crippen molar-refractivity contribution in [1.29, 1.82) is 0 Å². The first kappa shape index (κ1) is 11.2. The van der Waals surface area contributed by atoms with Gasteiger partial charge in [-0.25, -0.2) is 0 Å². The maximum Gasteiger partial charge on any atom is 0.227 e. The maximum absolute atomic E-state index is 11.8. The van der Waals surface area contributed by atoms with Crippen LogP contribution in [0.1, 0.15) is 32.3 Å². The van der Waals surface area contributed by atoms with E-state index in [2.05, 4.69) is 24.4 Å². The third-order valence-corrected chi connectivity index (χ3v) is 3.37. The molecular formula is C14H19NO. The standard InChI is InChI=1S/C14H19NO/c1-3-11-4-8-13(9-5-11)15-14(16)10(2)12-6-7-12/h4-5,8-10,12H,3,6-7H2,1-2H3,(H,15,16). The van der Waals surface area contributed by atoms with E-state index >= 15 is 0 Å². The SMILES string of the molecule is CCc1ccc(NC(=O)C(C)C2CC2)cc1. The van der Waals surface area contributed by atoms with Crippen LogP contribution in [-0.4, -0.2) is 5.91 Å². The average molecular weight is 217 g/mol. The number of anilines is 1. The van der Waals surface area contributed by atoms with E-state index in [0.29, 0.717) is 5.92 Å². The van der Waals surface area contributed by atoms with Crippen molar-refractivity contribution in [3.05, 3.63) is 29.8 Å². The van der Waals surface area contributed by atoms with Gasteiger partial charge in [-0.05, 0) is 42.9 Å². The van der Waals surface area contributed by atoms with Gasteiger partial charge in [-0.15, -0.1) is 0 Å². The van der Waals surface area contributed by atoms with Crippen LogP contribution in [0.5, 0.6) is 0 Å². The average Bonchev–Trinajstić information content (AvgIpc) is 3.13. The Hall–Kier alpha value is -1.31. The second-order valence-electron chi connectivity index (χ2n) is 4.67. The number of aryl methyl sites for hydroxylation is 1. The van der Waals surface area contributed by atoms with Gasteiger partial charge in [0.2, 0.25) is 5.91 Å². The molecule has 2 nitrogen and oxygen atoms in total. The minimum Gasteiger partial charge on any atom is -0.326 e. The predicted molar refractivity (Wildman–Crippen MR) is 66.3 cm³/mol. The lowest BCUT2D eigenvalue weighted by Crippen LogP contribution is -2.21. The van der Waals surface area contributed by atoms with Crippen LogP contribution in [0.4, 0.5) is 5.69 Å². The van der Waals surface area contributed by atoms with E-state index in [1.54, 1.807) is 0 Å². The van der Waals surface area contributed by atoms with Gasteiger partial charge in [0.05, 0.1) is 0 Å². The van der Waals surface area contributed by atoms with Crippen molar-refractivity contribution in [1.82, 2.24) is 0 Å². The van der Waals surface area contributed by atoms with Crippen molar-refractivity contribution in [3.8, 4) is 0 Å². The van der Waals surface area contributed by atoms with Crippen molar-refractivity contribution >= 4 is 11.6 Å². The molecule has 16 heavy (non-hydrogen) atoms. The summed E-state index contributed by atoms with van der Waals surface area (Å²) in [7, 11) is 0. The molecule has 0 radical (unpaired) electrons. The van der Waals surface area contributed by atoms with Crippen LogP contribution in [0.2, 0.25) is 0 Å². The molecule has 0 spiro atoms. The van der Waals surface area contributed by atoms with Crippen LogP contribution < -0.4 is 5.32 Å². The first-order valence-corrected chi connectivity index (χ1v) is 6.10. The molecule has 1 atom stereocenters. The quantitative estimate of drug-likeness (QED) is 0.824. The molecule has 1 fully saturated rings. The number of nitrogens with one attached hydrogen (secondary N) is 1. The van der Waals surface area contributed by atoms with Gasteiger partial charge in [-0.3, -0.25) is 4.79 Å². The lowest BCUT2D eigenvalue weighted by molar-refractivity contribution is -0.119. The number of carbonyl (C=O) groups is 1. The lowest BCUT2D eigenvalue weighted by Gasteiger charge is -2.11. The van der Waals surface area contributed by atoms with E-state index in [-0.39, 0.29) is 11.8 Å². The van der Waals surface area contributed by atoms with E-state index < -0.39 is 0 Å². The highest BCUT2D eigenvalue weighted by Gasteiger charge is 2.32. The van der Waals surface area contributed by atoms with Gasteiger partial charge >= 0.3 is 0 Å². The molecule has 1 unspecified atom stereocenters. The lowest BCUT2D eigenvalue weighted by atomic mass is 10.1. The Bertz CT molecular complexity index is 365. The number of amides is 1. The Labute approximate surface area is 97.1 Å². The normalized spacial score (nSPS) is 16.9. The Morgan fingerprint density at radius 2 is 2.00 bits per heavy atom. The van der Waals surface area contributed by atoms with Crippen molar-refractivity contribution in [2.24, 2.45) is 11.8 Å². The summed E-state index contributed by atoms with van der Waals surface area (Å²) < 4.78 is 0. The summed E-state index contributed by atoms with van der Waals surface area (Å²) in [6.07, 6.45) is 3.46. The maximum atomic E-state index is 11.8. The summed E-state index contributed by atoms with van der Waals surface area (Å²) in [5.74, 6) is 0.938. The van der Waals surface area contributed by atoms with Crippen LogP contribution in [0.25, 0.3) is 0 Å². The first-order chi connectivity index (χ1) is 7.70. The van der Waals surface area contributed by atoms with E-state index in [0.717, 1.165) is 12.1 Å². The van der Waals surface area contributed by atoms with Crippen molar-refractivity contribution in [2.45, 2.75) is 33.1 Å². The van der Waals surface area contributed by atoms with Gasteiger partial charge in [0, 0.05) is 11.6 Å². The summed E-state index contributed by atoms with van der Waals surface area (Å²) in [5, 5.41) is 2.98. The highest BCUT2D eigenvalue weighted by Crippen LogP contribution is 2.37. The second-order valence-corrected chi connectivity index (χ2v) is 4.67. The van der Waals surface area contributed by atoms with Crippen LogP contribution in [0.3, 0.4) is 0 Å².